The summed E-state index contributed by atoms with van der Waals surface area (Å²) in [5, 5.41) is 4.62. The molecule has 108 valence electrons. The highest BCUT2D eigenvalue weighted by Gasteiger charge is 2.27. The molecule has 0 radical (unpaired) electrons. The summed E-state index contributed by atoms with van der Waals surface area (Å²) in [6.07, 6.45) is 1.23. The van der Waals surface area contributed by atoms with Gasteiger partial charge in [0, 0.05) is 22.4 Å². The maximum absolute atomic E-state index is 6.04. The van der Waals surface area contributed by atoms with E-state index >= 15 is 0 Å². The third-order valence-corrected chi connectivity index (χ3v) is 4.77. The number of benzene rings is 1. The van der Waals surface area contributed by atoms with Crippen molar-refractivity contribution in [1.82, 2.24) is 10.2 Å². The molecule has 1 fully saturated rings. The zero-order valence-corrected chi connectivity index (χ0v) is 13.6. The topological polar surface area (TPSA) is 28.4 Å². The van der Waals surface area contributed by atoms with Gasteiger partial charge in [-0.1, -0.05) is 22.9 Å². The van der Waals surface area contributed by atoms with E-state index in [1.165, 1.54) is 11.8 Å². The fourth-order valence-electron chi connectivity index (χ4n) is 3.17. The molecule has 1 N–H and O–H groups in total. The molecule has 0 bridgehead atoms. The molecule has 0 aliphatic carbocycles. The van der Waals surface area contributed by atoms with E-state index in [-0.39, 0.29) is 0 Å². The van der Waals surface area contributed by atoms with Crippen LogP contribution < -0.4 is 5.32 Å². The van der Waals surface area contributed by atoms with Crippen LogP contribution in [0.15, 0.2) is 33.2 Å². The van der Waals surface area contributed by atoms with E-state index in [0.717, 1.165) is 35.5 Å². The number of nitrogens with zero attached hydrogens (tertiary/aromatic N) is 1. The summed E-state index contributed by atoms with van der Waals surface area (Å²) >= 11 is 3.51. The normalized spacial score (nSPS) is 20.9. The lowest BCUT2D eigenvalue weighted by Crippen LogP contribution is -2.38. The van der Waals surface area contributed by atoms with Crippen molar-refractivity contribution in [2.75, 3.05) is 19.6 Å². The predicted octanol–water partition coefficient (Wildman–Crippen LogP) is 3.94. The van der Waals surface area contributed by atoms with Crippen LogP contribution in [0.25, 0.3) is 11.0 Å². The number of likely N-dealkylation sites (N-methyl/N-ethyl adjacent to an activating group) is 1. The Hall–Kier alpha value is -0.840. The molecule has 1 aromatic carbocycles. The summed E-state index contributed by atoms with van der Waals surface area (Å²) < 4.78 is 7.14. The zero-order valence-electron chi connectivity index (χ0n) is 12.0. The molecule has 0 amide bonds. The minimum atomic E-state index is 0.316. The van der Waals surface area contributed by atoms with Crippen LogP contribution in [0.1, 0.15) is 32.1 Å². The Balaban J connectivity index is 1.88. The van der Waals surface area contributed by atoms with Crippen molar-refractivity contribution in [3.8, 4) is 0 Å². The lowest BCUT2D eigenvalue weighted by atomic mass is 10.1. The Morgan fingerprint density at radius 3 is 3.00 bits per heavy atom. The Labute approximate surface area is 128 Å². The summed E-state index contributed by atoms with van der Waals surface area (Å²) in [5.74, 6) is 1.06. The Bertz CT molecular complexity index is 589. The first-order valence-electron chi connectivity index (χ1n) is 7.34. The van der Waals surface area contributed by atoms with Gasteiger partial charge < -0.3 is 9.73 Å². The van der Waals surface area contributed by atoms with Crippen molar-refractivity contribution in [2.24, 2.45) is 0 Å². The lowest BCUT2D eigenvalue weighted by molar-refractivity contribution is 0.147. The number of rotatable bonds is 4. The van der Waals surface area contributed by atoms with Crippen LogP contribution in [-0.2, 0) is 0 Å². The molecule has 2 aromatic rings. The Morgan fingerprint density at radius 1 is 1.45 bits per heavy atom. The second-order valence-corrected chi connectivity index (χ2v) is 6.40. The summed E-state index contributed by atoms with van der Waals surface area (Å²) in [4.78, 5) is 2.53. The van der Waals surface area contributed by atoms with Gasteiger partial charge in [-0.2, -0.15) is 0 Å². The van der Waals surface area contributed by atoms with Gasteiger partial charge in [-0.15, -0.1) is 0 Å². The second kappa shape index (κ2) is 5.88. The van der Waals surface area contributed by atoms with Crippen LogP contribution in [0.4, 0.5) is 0 Å². The van der Waals surface area contributed by atoms with Crippen LogP contribution in [0.2, 0.25) is 0 Å². The molecule has 20 heavy (non-hydrogen) atoms. The number of fused-ring (bicyclic) bond motifs is 1. The molecule has 3 nitrogen and oxygen atoms in total. The number of nitrogens with one attached hydrogen (secondary N) is 1. The molecule has 2 heterocycles. The number of hydrogen-bond donors (Lipinski definition) is 1. The minimum Gasteiger partial charge on any atom is -0.459 e. The van der Waals surface area contributed by atoms with Crippen LogP contribution in [0.3, 0.4) is 0 Å². The SMILES string of the molecule is CCN(C1CCNC1)C(C)c1cc2cc(Br)ccc2o1. The standard InChI is InChI=1S/C16H21BrN2O/c1-3-19(14-6-7-18-10-14)11(2)16-9-12-8-13(17)4-5-15(12)20-16/h4-5,8-9,11,14,18H,3,6-7,10H2,1-2H3. The maximum Gasteiger partial charge on any atom is 0.134 e. The summed E-state index contributed by atoms with van der Waals surface area (Å²) in [6, 6.07) is 9.28. The Kier molecular flexibility index (Phi) is 4.15. The third kappa shape index (κ3) is 2.65. The molecule has 1 aliphatic heterocycles. The molecule has 0 saturated carbocycles. The fourth-order valence-corrected chi connectivity index (χ4v) is 3.55. The largest absolute Gasteiger partial charge is 0.459 e. The van der Waals surface area contributed by atoms with Gasteiger partial charge in [0.25, 0.3) is 0 Å². The van der Waals surface area contributed by atoms with Gasteiger partial charge in [-0.25, -0.2) is 0 Å². The van der Waals surface area contributed by atoms with Crippen LogP contribution in [0, 0.1) is 0 Å². The van der Waals surface area contributed by atoms with Crippen molar-refractivity contribution < 1.29 is 4.42 Å². The van der Waals surface area contributed by atoms with E-state index in [4.69, 9.17) is 4.42 Å². The molecule has 1 aliphatic rings. The summed E-state index contributed by atoms with van der Waals surface area (Å²) in [7, 11) is 0. The zero-order chi connectivity index (χ0) is 14.1. The minimum absolute atomic E-state index is 0.316. The molecule has 1 aromatic heterocycles. The molecule has 2 unspecified atom stereocenters. The molecule has 3 rings (SSSR count). The van der Waals surface area contributed by atoms with E-state index in [1.54, 1.807) is 0 Å². The molecular formula is C16H21BrN2O. The van der Waals surface area contributed by atoms with E-state index in [2.05, 4.69) is 52.1 Å². The number of furan rings is 1. The van der Waals surface area contributed by atoms with E-state index in [9.17, 15) is 0 Å². The molecule has 4 heteroatoms. The first-order valence-corrected chi connectivity index (χ1v) is 8.13. The average molecular weight is 337 g/mol. The highest BCUT2D eigenvalue weighted by Crippen LogP contribution is 2.30. The first kappa shape index (κ1) is 14.1. The van der Waals surface area contributed by atoms with E-state index in [1.807, 2.05) is 12.1 Å². The monoisotopic (exact) mass is 336 g/mol. The van der Waals surface area contributed by atoms with Gasteiger partial charge in [0.1, 0.15) is 11.3 Å². The molecule has 2 atom stereocenters. The number of hydrogen-bond acceptors (Lipinski definition) is 3. The van der Waals surface area contributed by atoms with Gasteiger partial charge in [0.15, 0.2) is 0 Å². The van der Waals surface area contributed by atoms with Crippen LogP contribution in [-0.4, -0.2) is 30.6 Å². The second-order valence-electron chi connectivity index (χ2n) is 5.48. The predicted molar refractivity (Wildman–Crippen MR) is 86.0 cm³/mol. The highest BCUT2D eigenvalue weighted by atomic mass is 79.9. The molecular weight excluding hydrogens is 316 g/mol. The van der Waals surface area contributed by atoms with Gasteiger partial charge in [0.2, 0.25) is 0 Å². The third-order valence-electron chi connectivity index (χ3n) is 4.28. The van der Waals surface area contributed by atoms with Crippen molar-refractivity contribution >= 4 is 26.9 Å². The Morgan fingerprint density at radius 2 is 2.30 bits per heavy atom. The quantitative estimate of drug-likeness (QED) is 0.916. The van der Waals surface area contributed by atoms with Crippen molar-refractivity contribution in [2.45, 2.75) is 32.4 Å². The van der Waals surface area contributed by atoms with Crippen molar-refractivity contribution in [3.63, 3.8) is 0 Å². The smallest absolute Gasteiger partial charge is 0.134 e. The van der Waals surface area contributed by atoms with Gasteiger partial charge >= 0.3 is 0 Å². The first-order chi connectivity index (χ1) is 9.69. The summed E-state index contributed by atoms with van der Waals surface area (Å²) in [6.45, 7) is 7.74. The van der Waals surface area contributed by atoms with Gasteiger partial charge in [-0.05, 0) is 50.7 Å². The average Bonchev–Trinajstić information content (AvgIpc) is 3.07. The summed E-state index contributed by atoms with van der Waals surface area (Å²) in [5.41, 5.74) is 0.968. The van der Waals surface area contributed by atoms with E-state index < -0.39 is 0 Å². The van der Waals surface area contributed by atoms with Gasteiger partial charge in [-0.3, -0.25) is 4.90 Å². The van der Waals surface area contributed by atoms with Crippen molar-refractivity contribution in [1.29, 1.82) is 0 Å². The number of halogens is 1. The lowest BCUT2D eigenvalue weighted by Gasteiger charge is -2.31. The van der Waals surface area contributed by atoms with Crippen LogP contribution >= 0.6 is 15.9 Å². The van der Waals surface area contributed by atoms with Gasteiger partial charge in [0.05, 0.1) is 6.04 Å². The maximum atomic E-state index is 6.04. The molecule has 1 saturated heterocycles. The van der Waals surface area contributed by atoms with E-state index in [0.29, 0.717) is 12.1 Å². The highest BCUT2D eigenvalue weighted by molar-refractivity contribution is 9.10. The molecule has 0 spiro atoms. The fraction of sp³-hybridized carbons (Fsp3) is 0.500. The van der Waals surface area contributed by atoms with Crippen molar-refractivity contribution in [3.05, 3.63) is 34.5 Å². The van der Waals surface area contributed by atoms with Crippen LogP contribution in [0.5, 0.6) is 0 Å².